The average molecular weight is 367 g/mol. The molecule has 0 spiro atoms. The maximum Gasteiger partial charge on any atom is 0.337 e. The smallest absolute Gasteiger partial charge is 0.337 e. The first-order chi connectivity index (χ1) is 13.1. The number of fused-ring (bicyclic) bond motifs is 1. The van der Waals surface area contributed by atoms with Gasteiger partial charge in [-0.05, 0) is 48.4 Å². The number of nitrogens with zero attached hydrogens (tertiary/aromatic N) is 1. The van der Waals surface area contributed by atoms with Crippen molar-refractivity contribution in [2.24, 2.45) is 0 Å². The lowest BCUT2D eigenvalue weighted by atomic mass is 10.1. The van der Waals surface area contributed by atoms with E-state index in [1.54, 1.807) is 49.5 Å². The fraction of sp³-hybridized carbons (Fsp3) is 0.238. The third-order valence-corrected chi connectivity index (χ3v) is 4.51. The van der Waals surface area contributed by atoms with Gasteiger partial charge < -0.3 is 19.1 Å². The van der Waals surface area contributed by atoms with Gasteiger partial charge in [0.1, 0.15) is 11.5 Å². The fourth-order valence-corrected chi connectivity index (χ4v) is 3.08. The minimum Gasteiger partial charge on any atom is -0.497 e. The van der Waals surface area contributed by atoms with E-state index in [2.05, 4.69) is 0 Å². The van der Waals surface area contributed by atoms with Crippen LogP contribution in [0.15, 0.2) is 42.5 Å². The van der Waals surface area contributed by atoms with Crippen LogP contribution < -0.4 is 14.4 Å². The zero-order valence-corrected chi connectivity index (χ0v) is 15.5. The number of rotatable bonds is 5. The lowest BCUT2D eigenvalue weighted by molar-refractivity contribution is -0.114. The van der Waals surface area contributed by atoms with Crippen molar-refractivity contribution < 1.29 is 23.8 Å². The van der Waals surface area contributed by atoms with Gasteiger partial charge in [-0.15, -0.1) is 0 Å². The van der Waals surface area contributed by atoms with Crippen molar-refractivity contribution in [3.8, 4) is 11.5 Å². The third kappa shape index (κ3) is 3.79. The maximum absolute atomic E-state index is 12.7. The Balaban J connectivity index is 1.79. The Bertz CT molecular complexity index is 903. The molecule has 0 aliphatic carbocycles. The van der Waals surface area contributed by atoms with Gasteiger partial charge in [-0.25, -0.2) is 4.79 Å². The van der Waals surface area contributed by atoms with Crippen molar-refractivity contribution in [1.82, 2.24) is 0 Å². The molecule has 6 nitrogen and oxygen atoms in total. The first-order valence-electron chi connectivity index (χ1n) is 8.50. The van der Waals surface area contributed by atoms with Crippen molar-refractivity contribution in [2.75, 3.05) is 32.8 Å². The predicted octanol–water partition coefficient (Wildman–Crippen LogP) is 3.09. The van der Waals surface area contributed by atoms with Gasteiger partial charge in [0.15, 0.2) is 0 Å². The predicted molar refractivity (Wildman–Crippen MR) is 102 cm³/mol. The highest BCUT2D eigenvalue weighted by Gasteiger charge is 2.24. The summed E-state index contributed by atoms with van der Waals surface area (Å²) in [5.74, 6) is 0.805. The van der Waals surface area contributed by atoms with E-state index in [1.807, 2.05) is 12.1 Å². The Labute approximate surface area is 158 Å². The van der Waals surface area contributed by atoms with E-state index in [0.29, 0.717) is 30.0 Å². The third-order valence-electron chi connectivity index (χ3n) is 4.51. The van der Waals surface area contributed by atoms with Crippen LogP contribution in [0.2, 0.25) is 0 Å². The van der Waals surface area contributed by atoms with Gasteiger partial charge in [-0.3, -0.25) is 4.79 Å². The maximum atomic E-state index is 12.7. The molecule has 0 aromatic heterocycles. The summed E-state index contributed by atoms with van der Waals surface area (Å²) in [7, 11) is 4.51. The van der Waals surface area contributed by atoms with Crippen molar-refractivity contribution in [3.63, 3.8) is 0 Å². The Morgan fingerprint density at radius 2 is 1.85 bits per heavy atom. The Kier molecular flexibility index (Phi) is 5.45. The lowest BCUT2D eigenvalue weighted by Gasteiger charge is -2.15. The Morgan fingerprint density at radius 1 is 1.04 bits per heavy atom. The molecule has 1 aliphatic heterocycles. The van der Waals surface area contributed by atoms with E-state index in [4.69, 9.17) is 14.2 Å². The quantitative estimate of drug-likeness (QED) is 0.600. The summed E-state index contributed by atoms with van der Waals surface area (Å²) >= 11 is 0. The van der Waals surface area contributed by atoms with Crippen molar-refractivity contribution in [1.29, 1.82) is 0 Å². The molecular formula is C21H21NO5. The largest absolute Gasteiger partial charge is 0.497 e. The van der Waals surface area contributed by atoms with E-state index in [9.17, 15) is 9.59 Å². The molecule has 0 radical (unpaired) electrons. The summed E-state index contributed by atoms with van der Waals surface area (Å²) in [4.78, 5) is 26.0. The molecule has 0 saturated carbocycles. The summed E-state index contributed by atoms with van der Waals surface area (Å²) in [6.45, 7) is 0.572. The second kappa shape index (κ2) is 7.95. The SMILES string of the molecule is COC(=O)c1ccc2c(c1)CCN2C(=O)/C=C/c1ccc(OC)cc1OC. The minimum atomic E-state index is -0.380. The second-order valence-electron chi connectivity index (χ2n) is 6.02. The molecule has 0 fully saturated rings. The number of amides is 1. The standard InChI is InChI=1S/C21H21NO5/c1-25-17-7-4-14(19(13-17)26-2)6-9-20(23)22-11-10-15-12-16(21(24)27-3)5-8-18(15)22/h4-9,12-13H,10-11H2,1-3H3/b9-6+. The lowest BCUT2D eigenvalue weighted by Crippen LogP contribution is -2.26. The van der Waals surface area contributed by atoms with Crippen molar-refractivity contribution in [3.05, 3.63) is 59.2 Å². The summed E-state index contributed by atoms with van der Waals surface area (Å²) in [5.41, 5.74) is 3.05. The molecule has 0 saturated heterocycles. The van der Waals surface area contributed by atoms with Crippen LogP contribution in [0, 0.1) is 0 Å². The van der Waals surface area contributed by atoms with Gasteiger partial charge >= 0.3 is 5.97 Å². The van der Waals surface area contributed by atoms with Crippen LogP contribution in [0.4, 0.5) is 5.69 Å². The zero-order valence-electron chi connectivity index (χ0n) is 15.5. The van der Waals surface area contributed by atoms with E-state index in [1.165, 1.54) is 13.2 Å². The molecule has 27 heavy (non-hydrogen) atoms. The van der Waals surface area contributed by atoms with Crippen LogP contribution >= 0.6 is 0 Å². The van der Waals surface area contributed by atoms with Gasteiger partial charge in [0.25, 0.3) is 5.91 Å². The molecule has 1 heterocycles. The molecule has 0 N–H and O–H groups in total. The highest BCUT2D eigenvalue weighted by atomic mass is 16.5. The molecule has 1 amide bonds. The number of carbonyl (C=O) groups is 2. The summed E-state index contributed by atoms with van der Waals surface area (Å²) in [6.07, 6.45) is 3.95. The van der Waals surface area contributed by atoms with E-state index in [0.717, 1.165) is 16.8 Å². The average Bonchev–Trinajstić information content (AvgIpc) is 3.14. The molecule has 0 atom stereocenters. The molecule has 140 valence electrons. The number of esters is 1. The van der Waals surface area contributed by atoms with E-state index in [-0.39, 0.29) is 11.9 Å². The van der Waals surface area contributed by atoms with Gasteiger partial charge in [0.05, 0.1) is 26.9 Å². The van der Waals surface area contributed by atoms with Crippen LogP contribution in [0.3, 0.4) is 0 Å². The molecule has 1 aliphatic rings. The Hall–Kier alpha value is -3.28. The number of anilines is 1. The number of carbonyl (C=O) groups excluding carboxylic acids is 2. The number of hydrogen-bond donors (Lipinski definition) is 0. The van der Waals surface area contributed by atoms with E-state index >= 15 is 0 Å². The first-order valence-corrected chi connectivity index (χ1v) is 8.50. The van der Waals surface area contributed by atoms with Gasteiger partial charge in [0, 0.05) is 29.9 Å². The number of ether oxygens (including phenoxy) is 3. The number of benzene rings is 2. The van der Waals surface area contributed by atoms with E-state index < -0.39 is 0 Å². The second-order valence-corrected chi connectivity index (χ2v) is 6.02. The molecule has 0 bridgehead atoms. The van der Waals surface area contributed by atoms with Crippen LogP contribution in [0.1, 0.15) is 21.5 Å². The van der Waals surface area contributed by atoms with Crippen LogP contribution in [0.25, 0.3) is 6.08 Å². The first kappa shape index (κ1) is 18.5. The number of methoxy groups -OCH3 is 3. The van der Waals surface area contributed by atoms with Crippen molar-refractivity contribution >= 4 is 23.6 Å². The van der Waals surface area contributed by atoms with Crippen LogP contribution in [-0.4, -0.2) is 39.8 Å². The summed E-state index contributed by atoms with van der Waals surface area (Å²) in [6, 6.07) is 10.7. The highest BCUT2D eigenvalue weighted by molar-refractivity contribution is 6.05. The van der Waals surface area contributed by atoms with Gasteiger partial charge in [-0.1, -0.05) is 0 Å². The fourth-order valence-electron chi connectivity index (χ4n) is 3.08. The molecule has 0 unspecified atom stereocenters. The zero-order chi connectivity index (χ0) is 19.4. The highest BCUT2D eigenvalue weighted by Crippen LogP contribution is 2.30. The monoisotopic (exact) mass is 367 g/mol. The molecule has 2 aromatic carbocycles. The summed E-state index contributed by atoms with van der Waals surface area (Å²) < 4.78 is 15.3. The number of hydrogen-bond acceptors (Lipinski definition) is 5. The van der Waals surface area contributed by atoms with Gasteiger partial charge in [0.2, 0.25) is 0 Å². The molecule has 2 aromatic rings. The minimum absolute atomic E-state index is 0.127. The molecule has 6 heteroatoms. The Morgan fingerprint density at radius 3 is 2.56 bits per heavy atom. The van der Waals surface area contributed by atoms with Gasteiger partial charge in [-0.2, -0.15) is 0 Å². The van der Waals surface area contributed by atoms with Crippen LogP contribution in [-0.2, 0) is 16.0 Å². The molecule has 3 rings (SSSR count). The molecular weight excluding hydrogens is 346 g/mol. The summed E-state index contributed by atoms with van der Waals surface area (Å²) in [5, 5.41) is 0. The topological polar surface area (TPSA) is 65.1 Å². The normalized spacial score (nSPS) is 12.8. The van der Waals surface area contributed by atoms with Crippen molar-refractivity contribution in [2.45, 2.75) is 6.42 Å². The van der Waals surface area contributed by atoms with Crippen LogP contribution in [0.5, 0.6) is 11.5 Å².